The number of rotatable bonds is 22. The Balaban J connectivity index is 1.61. The van der Waals surface area contributed by atoms with Gasteiger partial charge in [-0.25, -0.2) is 18.4 Å². The highest BCUT2D eigenvalue weighted by molar-refractivity contribution is 5.81. The smallest absolute Gasteiger partial charge is 0.420 e. The number of carbonyl (C=O) groups is 4. The van der Waals surface area contributed by atoms with E-state index in [1.54, 1.807) is 0 Å². The van der Waals surface area contributed by atoms with E-state index >= 15 is 0 Å². The van der Waals surface area contributed by atoms with Gasteiger partial charge in [-0.3, -0.25) is 9.59 Å². The first kappa shape index (κ1) is 46.4. The minimum atomic E-state index is -5.77. The molecule has 0 atom stereocenters. The Morgan fingerprint density at radius 3 is 1.24 bits per heavy atom. The van der Waals surface area contributed by atoms with Crippen molar-refractivity contribution >= 4 is 23.9 Å². The number of esters is 4. The van der Waals surface area contributed by atoms with E-state index in [9.17, 15) is 54.3 Å². The van der Waals surface area contributed by atoms with Crippen LogP contribution in [0.1, 0.15) is 60.8 Å². The predicted molar refractivity (Wildman–Crippen MR) is 189 cm³/mol. The van der Waals surface area contributed by atoms with Crippen LogP contribution < -0.4 is 18.9 Å². The zero-order chi connectivity index (χ0) is 42.9. The van der Waals surface area contributed by atoms with Crippen molar-refractivity contribution in [1.82, 2.24) is 0 Å². The molecule has 0 aliphatic heterocycles. The molecular formula is C40H38F8O10. The molecule has 0 spiro atoms. The van der Waals surface area contributed by atoms with Crippen LogP contribution in [0.3, 0.4) is 0 Å². The molecule has 58 heavy (non-hydrogen) atoms. The van der Waals surface area contributed by atoms with Crippen molar-refractivity contribution < 1.29 is 82.7 Å². The molecule has 0 bridgehead atoms. The van der Waals surface area contributed by atoms with Gasteiger partial charge in [0.2, 0.25) is 0 Å². The van der Waals surface area contributed by atoms with E-state index in [0.29, 0.717) is 37.8 Å². The van der Waals surface area contributed by atoms with Crippen molar-refractivity contribution in [3.8, 4) is 23.0 Å². The number of benzene rings is 3. The molecule has 3 aromatic carbocycles. The second-order valence-corrected chi connectivity index (χ2v) is 12.1. The Labute approximate surface area is 327 Å². The molecule has 0 amide bonds. The molecule has 0 aliphatic rings. The number of unbranched alkanes of at least 4 members (excludes halogenated alkanes) is 2. The summed E-state index contributed by atoms with van der Waals surface area (Å²) in [6.07, 6.45) is -10.0. The van der Waals surface area contributed by atoms with Gasteiger partial charge in [0.15, 0.2) is 0 Å². The maximum absolute atomic E-state index is 14.7. The molecule has 3 aromatic rings. The number of carbonyl (C=O) groups excluding carboxylic acids is 4. The SMILES string of the molecule is C=CC(=O)OCCCCOc1ccc(CCC(=O)Oc2ccc(OC(=O)CCc3ccc(OCCCCOC(=O)C=C)cc3F)c(C(F)(F)F)c2C(F)(F)F)c(F)c1. The molecule has 314 valence electrons. The van der Waals surface area contributed by atoms with E-state index in [1.807, 2.05) is 0 Å². The largest absolute Gasteiger partial charge is 0.493 e. The number of alkyl halides is 6. The van der Waals surface area contributed by atoms with Crippen molar-refractivity contribution in [1.29, 1.82) is 0 Å². The third-order valence-electron chi connectivity index (χ3n) is 7.83. The molecule has 0 radical (unpaired) electrons. The molecule has 0 fully saturated rings. The van der Waals surface area contributed by atoms with E-state index in [0.717, 1.165) is 24.3 Å². The first-order valence-electron chi connectivity index (χ1n) is 17.6. The fourth-order valence-electron chi connectivity index (χ4n) is 5.01. The maximum atomic E-state index is 14.7. The highest BCUT2D eigenvalue weighted by Crippen LogP contribution is 2.49. The van der Waals surface area contributed by atoms with Gasteiger partial charge in [0.25, 0.3) is 0 Å². The standard InChI is InChI=1S/C40H38F8O10/c1-3-33(49)55-21-7-5-19-53-27-13-9-25(29(41)23-27)11-17-35(51)57-31-15-16-32(38(40(46,47)48)37(31)39(43,44)45)58-36(52)18-12-26-10-14-28(24-30(26)42)54-20-6-8-22-56-34(50)4-2/h3-4,9-10,13-16,23-24H,1-2,5-8,11-12,17-22H2. The van der Waals surface area contributed by atoms with Gasteiger partial charge < -0.3 is 28.4 Å². The van der Waals surface area contributed by atoms with Crippen LogP contribution in [0.4, 0.5) is 35.1 Å². The van der Waals surface area contributed by atoms with Gasteiger partial charge >= 0.3 is 36.2 Å². The zero-order valence-corrected chi connectivity index (χ0v) is 30.8. The molecule has 10 nitrogen and oxygen atoms in total. The fourth-order valence-corrected chi connectivity index (χ4v) is 5.01. The molecule has 0 N–H and O–H groups in total. The highest BCUT2D eigenvalue weighted by atomic mass is 19.4. The summed E-state index contributed by atoms with van der Waals surface area (Å²) in [5.41, 5.74) is -5.03. The van der Waals surface area contributed by atoms with Gasteiger partial charge in [-0.1, -0.05) is 25.3 Å². The molecule has 0 heterocycles. The monoisotopic (exact) mass is 830 g/mol. The van der Waals surface area contributed by atoms with Crippen LogP contribution in [0.5, 0.6) is 23.0 Å². The third kappa shape index (κ3) is 15.2. The lowest BCUT2D eigenvalue weighted by atomic mass is 10.0. The molecule has 18 heteroatoms. The van der Waals surface area contributed by atoms with Gasteiger partial charge in [-0.15, -0.1) is 0 Å². The van der Waals surface area contributed by atoms with Crippen LogP contribution in [0.15, 0.2) is 73.8 Å². The Morgan fingerprint density at radius 1 is 0.552 bits per heavy atom. The van der Waals surface area contributed by atoms with Crippen molar-refractivity contribution in [2.45, 2.75) is 63.7 Å². The van der Waals surface area contributed by atoms with E-state index < -0.39 is 96.2 Å². The molecule has 0 saturated carbocycles. The van der Waals surface area contributed by atoms with Crippen LogP contribution in [0, 0.1) is 11.6 Å². The van der Waals surface area contributed by atoms with E-state index in [2.05, 4.69) is 22.6 Å². The second kappa shape index (κ2) is 22.1. The van der Waals surface area contributed by atoms with E-state index in [4.69, 9.17) is 18.9 Å². The maximum Gasteiger partial charge on any atom is 0.420 e. The van der Waals surface area contributed by atoms with Gasteiger partial charge in [-0.05, 0) is 73.9 Å². The highest BCUT2D eigenvalue weighted by Gasteiger charge is 2.49. The minimum absolute atomic E-state index is 0.0727. The molecule has 0 unspecified atom stereocenters. The van der Waals surface area contributed by atoms with Crippen LogP contribution in [0.2, 0.25) is 0 Å². The first-order valence-corrected chi connectivity index (χ1v) is 17.6. The van der Waals surface area contributed by atoms with Crippen LogP contribution in [0.25, 0.3) is 0 Å². The summed E-state index contributed by atoms with van der Waals surface area (Å²) in [5, 5.41) is 0. The average molecular weight is 831 g/mol. The average Bonchev–Trinajstić information content (AvgIpc) is 3.16. The molecule has 0 saturated heterocycles. The van der Waals surface area contributed by atoms with Crippen LogP contribution >= 0.6 is 0 Å². The first-order chi connectivity index (χ1) is 27.4. The number of ether oxygens (including phenoxy) is 6. The lowest BCUT2D eigenvalue weighted by Crippen LogP contribution is -2.22. The summed E-state index contributed by atoms with van der Waals surface area (Å²) in [4.78, 5) is 47.1. The summed E-state index contributed by atoms with van der Waals surface area (Å²) in [6.45, 7) is 7.06. The minimum Gasteiger partial charge on any atom is -0.493 e. The second-order valence-electron chi connectivity index (χ2n) is 12.1. The van der Waals surface area contributed by atoms with Gasteiger partial charge in [0.05, 0.1) is 39.3 Å². The molecular weight excluding hydrogens is 792 g/mol. The van der Waals surface area contributed by atoms with E-state index in [-0.39, 0.29) is 49.1 Å². The Kier molecular flexibility index (Phi) is 17.7. The van der Waals surface area contributed by atoms with Gasteiger partial charge in [-0.2, -0.15) is 26.3 Å². The van der Waals surface area contributed by atoms with Crippen LogP contribution in [-0.2, 0) is 53.8 Å². The summed E-state index contributed by atoms with van der Waals surface area (Å²) in [6, 6.07) is 7.95. The number of aryl methyl sites for hydroxylation is 2. The zero-order valence-electron chi connectivity index (χ0n) is 30.8. The summed E-state index contributed by atoms with van der Waals surface area (Å²) in [5.74, 6) is -8.53. The molecule has 3 rings (SSSR count). The van der Waals surface area contributed by atoms with Gasteiger partial charge in [0, 0.05) is 24.3 Å². The van der Waals surface area contributed by atoms with Crippen molar-refractivity contribution in [2.24, 2.45) is 0 Å². The number of halogens is 8. The molecule has 0 aliphatic carbocycles. The lowest BCUT2D eigenvalue weighted by molar-refractivity contribution is -0.165. The van der Waals surface area contributed by atoms with Crippen molar-refractivity contribution in [3.63, 3.8) is 0 Å². The predicted octanol–water partition coefficient (Wildman–Crippen LogP) is 8.86. The molecule has 0 aromatic heterocycles. The van der Waals surface area contributed by atoms with Crippen molar-refractivity contribution in [2.75, 3.05) is 26.4 Å². The van der Waals surface area contributed by atoms with Crippen LogP contribution in [-0.4, -0.2) is 50.3 Å². The Hall–Kier alpha value is -5.94. The van der Waals surface area contributed by atoms with Gasteiger partial charge in [0.1, 0.15) is 45.8 Å². The lowest BCUT2D eigenvalue weighted by Gasteiger charge is -2.21. The Bertz CT molecular complexity index is 1790. The quantitative estimate of drug-likeness (QED) is 0.0319. The fraction of sp³-hybridized carbons (Fsp3) is 0.350. The number of hydrogen-bond donors (Lipinski definition) is 0. The summed E-state index contributed by atoms with van der Waals surface area (Å²) < 4.78 is 144. The summed E-state index contributed by atoms with van der Waals surface area (Å²) in [7, 11) is 0. The number of hydrogen-bond acceptors (Lipinski definition) is 10. The van der Waals surface area contributed by atoms with Crippen molar-refractivity contribution in [3.05, 3.63) is 108 Å². The topological polar surface area (TPSA) is 124 Å². The normalized spacial score (nSPS) is 11.3. The van der Waals surface area contributed by atoms with E-state index in [1.165, 1.54) is 24.3 Å². The summed E-state index contributed by atoms with van der Waals surface area (Å²) >= 11 is 0. The Morgan fingerprint density at radius 2 is 0.914 bits per heavy atom. The third-order valence-corrected chi connectivity index (χ3v) is 7.83.